The molecule has 0 aromatic rings. The van der Waals surface area contributed by atoms with Gasteiger partial charge >= 0.3 is 12.1 Å². The van der Waals surface area contributed by atoms with Gasteiger partial charge in [0, 0.05) is 18.8 Å². The van der Waals surface area contributed by atoms with Crippen LogP contribution in [0.2, 0.25) is 0 Å². The Hall–Kier alpha value is -1.85. The first-order chi connectivity index (χ1) is 12.7. The Morgan fingerprint density at radius 3 is 2.70 bits per heavy atom. The average Bonchev–Trinajstić information content (AvgIpc) is 2.92. The molecule has 0 aromatic heterocycles. The summed E-state index contributed by atoms with van der Waals surface area (Å²) < 4.78 is 36.2. The Morgan fingerprint density at radius 1 is 1.30 bits per heavy atom. The third-order valence-electron chi connectivity index (χ3n) is 4.53. The normalized spacial score (nSPS) is 18.0. The number of hydrogen-bond acceptors (Lipinski definition) is 3. The van der Waals surface area contributed by atoms with Gasteiger partial charge in [-0.2, -0.15) is 13.2 Å². The summed E-state index contributed by atoms with van der Waals surface area (Å²) >= 11 is 0. The number of carboxylic acid groups (broad SMARTS) is 1. The fourth-order valence-electron chi connectivity index (χ4n) is 3.09. The molecule has 0 amide bonds. The topological polar surface area (TPSA) is 74.6 Å². The van der Waals surface area contributed by atoms with Gasteiger partial charge in [-0.25, -0.2) is 0 Å². The second-order valence-corrected chi connectivity index (χ2v) is 6.81. The van der Waals surface area contributed by atoms with Crippen molar-refractivity contribution in [2.24, 2.45) is 5.92 Å². The number of Topliss-reactive ketones (excluding diaryl/α,β-unsaturated/α-hetero) is 1. The molecule has 0 saturated carbocycles. The minimum Gasteiger partial charge on any atom is -0.481 e. The zero-order valence-electron chi connectivity index (χ0n) is 15.3. The van der Waals surface area contributed by atoms with Crippen molar-refractivity contribution >= 4 is 11.8 Å². The predicted octanol–water partition coefficient (Wildman–Crippen LogP) is 4.73. The van der Waals surface area contributed by atoms with Crippen LogP contribution in [-0.4, -0.2) is 34.2 Å². The summed E-state index contributed by atoms with van der Waals surface area (Å²) in [4.78, 5) is 22.4. The number of hydrogen-bond donors (Lipinski definition) is 2. The van der Waals surface area contributed by atoms with Crippen LogP contribution >= 0.6 is 0 Å². The second-order valence-electron chi connectivity index (χ2n) is 6.81. The maximum Gasteiger partial charge on any atom is 0.389 e. The van der Waals surface area contributed by atoms with Crippen molar-refractivity contribution in [1.29, 1.82) is 0 Å². The molecular formula is C20H27F3O4. The van der Waals surface area contributed by atoms with Crippen LogP contribution in [0.15, 0.2) is 29.5 Å². The van der Waals surface area contributed by atoms with E-state index in [1.165, 1.54) is 6.08 Å². The van der Waals surface area contributed by atoms with Gasteiger partial charge in [-0.3, -0.25) is 9.59 Å². The van der Waals surface area contributed by atoms with Gasteiger partial charge in [0.15, 0.2) is 0 Å². The van der Waals surface area contributed by atoms with Crippen LogP contribution in [0.4, 0.5) is 13.2 Å². The summed E-state index contributed by atoms with van der Waals surface area (Å²) in [6.07, 6.45) is 2.57. The first-order valence-electron chi connectivity index (χ1n) is 9.26. The van der Waals surface area contributed by atoms with Gasteiger partial charge in [-0.05, 0) is 50.7 Å². The van der Waals surface area contributed by atoms with Gasteiger partial charge in [0.2, 0.25) is 0 Å². The smallest absolute Gasteiger partial charge is 0.389 e. The standard InChI is InChI=1S/C20H27F3O4/c21-20(22,23)14-6-5-7-16(24)12-10-15-11-13-18(25)17(15)8-3-1-2-4-9-19(26)27/h1,4,11,16-17,24H,3,5-10,12-14H2,(H,26,27)/t2?,16?,17-/m1/s1. The predicted molar refractivity (Wildman–Crippen MR) is 95.1 cm³/mol. The van der Waals surface area contributed by atoms with Gasteiger partial charge in [-0.1, -0.05) is 18.1 Å². The number of aliphatic hydroxyl groups excluding tert-OH is 1. The summed E-state index contributed by atoms with van der Waals surface area (Å²) in [5.41, 5.74) is 3.76. The number of allylic oxidation sites excluding steroid dienone is 2. The van der Waals surface area contributed by atoms with Crippen molar-refractivity contribution in [2.45, 2.75) is 76.5 Å². The maximum atomic E-state index is 12.1. The Bertz CT molecular complexity index is 587. The number of rotatable bonds is 12. The Kier molecular flexibility index (Phi) is 10.1. The van der Waals surface area contributed by atoms with E-state index in [1.807, 2.05) is 6.08 Å². The number of unbranched alkanes of at least 4 members (excludes halogenated alkanes) is 1. The van der Waals surface area contributed by atoms with Crippen LogP contribution in [0.5, 0.6) is 0 Å². The van der Waals surface area contributed by atoms with Crippen molar-refractivity contribution in [3.05, 3.63) is 29.5 Å². The molecule has 1 aliphatic carbocycles. The highest BCUT2D eigenvalue weighted by Crippen LogP contribution is 2.31. The summed E-state index contributed by atoms with van der Waals surface area (Å²) in [6.45, 7) is 0. The maximum absolute atomic E-state index is 12.1. The lowest BCUT2D eigenvalue weighted by atomic mass is 9.91. The number of alkyl halides is 3. The van der Waals surface area contributed by atoms with E-state index in [9.17, 15) is 27.9 Å². The zero-order chi connectivity index (χ0) is 20.3. The molecule has 1 rings (SSSR count). The lowest BCUT2D eigenvalue weighted by Crippen LogP contribution is -2.13. The van der Waals surface area contributed by atoms with E-state index in [0.29, 0.717) is 44.9 Å². The minimum atomic E-state index is -4.15. The van der Waals surface area contributed by atoms with Crippen LogP contribution in [0, 0.1) is 5.92 Å². The Morgan fingerprint density at radius 2 is 2.04 bits per heavy atom. The van der Waals surface area contributed by atoms with Crippen LogP contribution in [0.1, 0.15) is 64.2 Å². The van der Waals surface area contributed by atoms with E-state index in [2.05, 4.69) is 5.73 Å². The molecule has 1 aliphatic rings. The number of ketones is 1. The van der Waals surface area contributed by atoms with Crippen LogP contribution in [0.3, 0.4) is 0 Å². The fraction of sp³-hybridized carbons (Fsp3) is 0.650. The lowest BCUT2D eigenvalue weighted by molar-refractivity contribution is -0.136. The van der Waals surface area contributed by atoms with Crippen molar-refractivity contribution in [2.75, 3.05) is 0 Å². The summed E-state index contributed by atoms with van der Waals surface area (Å²) in [7, 11) is 0. The van der Waals surface area contributed by atoms with Crippen molar-refractivity contribution in [1.82, 2.24) is 0 Å². The molecule has 27 heavy (non-hydrogen) atoms. The van der Waals surface area contributed by atoms with Gasteiger partial charge in [0.1, 0.15) is 5.78 Å². The molecule has 0 heterocycles. The molecule has 0 spiro atoms. The number of halogens is 3. The fourth-order valence-corrected chi connectivity index (χ4v) is 3.09. The molecule has 152 valence electrons. The third kappa shape index (κ3) is 10.8. The molecular weight excluding hydrogens is 361 g/mol. The average molecular weight is 388 g/mol. The highest BCUT2D eigenvalue weighted by molar-refractivity contribution is 5.88. The number of carbonyl (C=O) groups excluding carboxylic acids is 1. The number of carboxylic acids is 1. The first-order valence-corrected chi connectivity index (χ1v) is 9.26. The molecule has 1 unspecified atom stereocenters. The number of aliphatic carboxylic acids is 1. The zero-order valence-corrected chi connectivity index (χ0v) is 15.3. The number of carbonyl (C=O) groups is 2. The SMILES string of the molecule is O=C(O)CC=C=CCC[C@H]1C(=O)CC=C1CCC(O)CCCCC(F)(F)F. The quantitative estimate of drug-likeness (QED) is 0.288. The third-order valence-corrected chi connectivity index (χ3v) is 4.53. The van der Waals surface area contributed by atoms with Gasteiger partial charge < -0.3 is 10.2 Å². The number of aliphatic hydroxyl groups is 1. The Labute approximate surface area is 157 Å². The molecule has 4 nitrogen and oxygen atoms in total. The highest BCUT2D eigenvalue weighted by Gasteiger charge is 2.27. The molecule has 2 N–H and O–H groups in total. The van der Waals surface area contributed by atoms with E-state index in [-0.39, 0.29) is 24.5 Å². The summed E-state index contributed by atoms with van der Waals surface area (Å²) in [5, 5.41) is 18.5. The van der Waals surface area contributed by atoms with Crippen molar-refractivity contribution < 1.29 is 33.0 Å². The highest BCUT2D eigenvalue weighted by atomic mass is 19.4. The van der Waals surface area contributed by atoms with E-state index in [1.54, 1.807) is 6.08 Å². The Balaban J connectivity index is 2.31. The molecule has 0 saturated heterocycles. The second kappa shape index (κ2) is 11.8. The molecule has 0 aliphatic heterocycles. The summed E-state index contributed by atoms with van der Waals surface area (Å²) in [5.74, 6) is -0.989. The van der Waals surface area contributed by atoms with Gasteiger partial charge in [-0.15, -0.1) is 5.73 Å². The van der Waals surface area contributed by atoms with Gasteiger partial charge in [0.05, 0.1) is 12.5 Å². The molecule has 0 bridgehead atoms. The molecule has 0 radical (unpaired) electrons. The monoisotopic (exact) mass is 388 g/mol. The van der Waals surface area contributed by atoms with Crippen LogP contribution in [0.25, 0.3) is 0 Å². The largest absolute Gasteiger partial charge is 0.481 e. The molecule has 7 heteroatoms. The lowest BCUT2D eigenvalue weighted by Gasteiger charge is -2.15. The molecule has 0 aromatic carbocycles. The van der Waals surface area contributed by atoms with Crippen LogP contribution in [-0.2, 0) is 9.59 Å². The van der Waals surface area contributed by atoms with Crippen molar-refractivity contribution in [3.63, 3.8) is 0 Å². The van der Waals surface area contributed by atoms with Crippen molar-refractivity contribution in [3.8, 4) is 0 Å². The molecule has 0 fully saturated rings. The van der Waals surface area contributed by atoms with E-state index >= 15 is 0 Å². The van der Waals surface area contributed by atoms with Gasteiger partial charge in [0.25, 0.3) is 0 Å². The molecule has 2 atom stereocenters. The minimum absolute atomic E-state index is 0.0199. The van der Waals surface area contributed by atoms with E-state index in [4.69, 9.17) is 5.11 Å². The summed E-state index contributed by atoms with van der Waals surface area (Å²) in [6, 6.07) is 0. The van der Waals surface area contributed by atoms with Crippen LogP contribution < -0.4 is 0 Å². The van der Waals surface area contributed by atoms with E-state index in [0.717, 1.165) is 5.57 Å². The van der Waals surface area contributed by atoms with E-state index < -0.39 is 24.7 Å². The first kappa shape index (κ1) is 23.2.